The number of thiophene rings is 1. The molecule has 1 amide bonds. The molecule has 1 unspecified atom stereocenters. The van der Waals surface area contributed by atoms with Gasteiger partial charge in [0, 0.05) is 4.88 Å². The number of hydrazone groups is 1. The molecule has 0 bridgehead atoms. The molecule has 2 aromatic heterocycles. The molecule has 1 atom stereocenters. The number of benzene rings is 2. The number of carbonyl (C=O) groups is 1. The fraction of sp³-hybridized carbons (Fsp3) is 0.321. The Morgan fingerprint density at radius 3 is 2.84 bits per heavy atom. The zero-order chi connectivity index (χ0) is 26.6. The van der Waals surface area contributed by atoms with Gasteiger partial charge in [0.1, 0.15) is 13.2 Å². The maximum Gasteiger partial charge on any atom is 0.279 e. The molecule has 0 radical (unpaired) electrons. The molecule has 196 valence electrons. The smallest absolute Gasteiger partial charge is 0.279 e. The Kier molecular flexibility index (Phi) is 7.50. The van der Waals surface area contributed by atoms with E-state index in [0.29, 0.717) is 39.8 Å². The van der Waals surface area contributed by atoms with Gasteiger partial charge in [-0.15, -0.1) is 16.4 Å². The van der Waals surface area contributed by atoms with E-state index in [4.69, 9.17) is 9.47 Å². The van der Waals surface area contributed by atoms with Crippen LogP contribution in [0.15, 0.2) is 52.4 Å². The summed E-state index contributed by atoms with van der Waals surface area (Å²) >= 11 is 1.53. The average Bonchev–Trinajstić information content (AvgIpc) is 3.28. The topological polar surface area (TPSA) is 108 Å². The highest BCUT2D eigenvalue weighted by atomic mass is 32.1. The number of aryl methyl sites for hydroxylation is 2. The monoisotopic (exact) mass is 531 g/mol. The summed E-state index contributed by atoms with van der Waals surface area (Å²) in [6.45, 7) is 4.41. The van der Waals surface area contributed by atoms with E-state index in [1.54, 1.807) is 19.2 Å². The minimum absolute atomic E-state index is 0.269. The highest BCUT2D eigenvalue weighted by Gasteiger charge is 2.24. The molecule has 1 N–H and O–H groups in total. The Morgan fingerprint density at radius 2 is 2.05 bits per heavy atom. The molecule has 0 aliphatic heterocycles. The number of nitrogens with zero attached hydrogens (tertiary/aromatic N) is 4. The van der Waals surface area contributed by atoms with Gasteiger partial charge in [0.25, 0.3) is 11.5 Å². The summed E-state index contributed by atoms with van der Waals surface area (Å²) in [5.74, 6) is 1.28. The van der Waals surface area contributed by atoms with Gasteiger partial charge in [-0.05, 0) is 67.0 Å². The quantitative estimate of drug-likeness (QED) is 0.272. The first kappa shape index (κ1) is 25.6. The van der Waals surface area contributed by atoms with Gasteiger partial charge >= 0.3 is 0 Å². The molecular formula is C28H29N5O4S. The minimum atomic E-state index is -0.472. The second-order valence-corrected chi connectivity index (χ2v) is 10.6. The molecule has 0 saturated heterocycles. The van der Waals surface area contributed by atoms with E-state index in [-0.39, 0.29) is 12.1 Å². The summed E-state index contributed by atoms with van der Waals surface area (Å²) in [7, 11) is 1.57. The number of ether oxygens (including phenoxy) is 2. The number of rotatable bonds is 8. The lowest BCUT2D eigenvalue weighted by atomic mass is 9.89. The molecule has 1 aliphatic rings. The summed E-state index contributed by atoms with van der Waals surface area (Å²) < 4.78 is 12.5. The van der Waals surface area contributed by atoms with Crippen molar-refractivity contribution in [1.29, 1.82) is 0 Å². The third-order valence-electron chi connectivity index (χ3n) is 6.58. The first-order valence-electron chi connectivity index (χ1n) is 12.5. The first-order chi connectivity index (χ1) is 18.4. The molecule has 0 fully saturated rings. The number of carbonyl (C=O) groups excluding carboxylic acids is 1. The van der Waals surface area contributed by atoms with Gasteiger partial charge in [-0.3, -0.25) is 9.59 Å². The van der Waals surface area contributed by atoms with Gasteiger partial charge in [-0.1, -0.05) is 42.0 Å². The van der Waals surface area contributed by atoms with Crippen LogP contribution in [0.2, 0.25) is 0 Å². The van der Waals surface area contributed by atoms with Gasteiger partial charge in [-0.2, -0.15) is 5.10 Å². The van der Waals surface area contributed by atoms with Crippen molar-refractivity contribution in [3.63, 3.8) is 0 Å². The molecule has 38 heavy (non-hydrogen) atoms. The van der Waals surface area contributed by atoms with E-state index in [9.17, 15) is 9.59 Å². The van der Waals surface area contributed by atoms with Crippen molar-refractivity contribution in [1.82, 2.24) is 20.4 Å². The Balaban J connectivity index is 1.21. The lowest BCUT2D eigenvalue weighted by Crippen LogP contribution is -2.32. The molecule has 4 aromatic rings. The lowest BCUT2D eigenvalue weighted by Gasteiger charge is -2.17. The summed E-state index contributed by atoms with van der Waals surface area (Å²) in [5, 5.41) is 12.8. The van der Waals surface area contributed by atoms with Crippen molar-refractivity contribution in [2.24, 2.45) is 11.0 Å². The van der Waals surface area contributed by atoms with Crippen LogP contribution in [0, 0.1) is 12.8 Å². The molecule has 5 rings (SSSR count). The maximum atomic E-state index is 13.1. The van der Waals surface area contributed by atoms with Crippen LogP contribution in [-0.4, -0.2) is 34.2 Å². The molecular weight excluding hydrogens is 502 g/mol. The number of hydrogen-bond acceptors (Lipinski definition) is 8. The van der Waals surface area contributed by atoms with E-state index in [0.717, 1.165) is 35.1 Å². The number of hydrogen-bond donors (Lipinski definition) is 1. The van der Waals surface area contributed by atoms with Crippen LogP contribution in [0.5, 0.6) is 11.5 Å². The predicted molar refractivity (Wildman–Crippen MR) is 147 cm³/mol. The third-order valence-corrected chi connectivity index (χ3v) is 7.72. The summed E-state index contributed by atoms with van der Waals surface area (Å²) in [5.41, 5.74) is 6.20. The van der Waals surface area contributed by atoms with Crippen molar-refractivity contribution < 1.29 is 14.3 Å². The van der Waals surface area contributed by atoms with Crippen LogP contribution in [0.1, 0.15) is 40.5 Å². The van der Waals surface area contributed by atoms with Crippen LogP contribution in [0.25, 0.3) is 10.2 Å². The van der Waals surface area contributed by atoms with Gasteiger partial charge in [0.05, 0.1) is 18.7 Å². The fourth-order valence-electron chi connectivity index (χ4n) is 4.47. The van der Waals surface area contributed by atoms with Crippen molar-refractivity contribution in [2.45, 2.75) is 46.3 Å². The van der Waals surface area contributed by atoms with E-state index in [1.807, 2.05) is 37.3 Å². The second kappa shape index (κ2) is 11.1. The Labute approximate surface area is 224 Å². The molecule has 1 aliphatic carbocycles. The standard InChI is InChI=1S/C28H29N5O4S/c1-17-4-7-19(8-5-17)16-37-22-11-9-20(13-23(22)36-3)14-29-30-25(34)15-33-28(35)26-21-10-6-18(2)12-24(21)38-27(26)31-32-33/h4-5,7-9,11,13-14,18H,6,10,12,15-16H2,1-3H3,(H,30,34)/b29-14+. The van der Waals surface area contributed by atoms with Crippen molar-refractivity contribution >= 4 is 33.7 Å². The van der Waals surface area contributed by atoms with Crippen LogP contribution >= 0.6 is 11.3 Å². The van der Waals surface area contributed by atoms with Crippen LogP contribution in [0.4, 0.5) is 0 Å². The molecule has 9 nitrogen and oxygen atoms in total. The van der Waals surface area contributed by atoms with Gasteiger partial charge in [0.2, 0.25) is 0 Å². The van der Waals surface area contributed by atoms with Crippen molar-refractivity contribution in [3.05, 3.63) is 79.9 Å². The number of methoxy groups -OCH3 is 1. The Hall–Kier alpha value is -4.05. The van der Waals surface area contributed by atoms with Gasteiger partial charge in [0.15, 0.2) is 16.3 Å². The molecule has 0 spiro atoms. The predicted octanol–water partition coefficient (Wildman–Crippen LogP) is 4.02. The summed E-state index contributed by atoms with van der Waals surface area (Å²) in [6.07, 6.45) is 4.35. The number of amides is 1. The molecule has 2 heterocycles. The molecule has 0 saturated carbocycles. The molecule has 2 aromatic carbocycles. The number of nitrogens with one attached hydrogen (secondary N) is 1. The lowest BCUT2D eigenvalue weighted by molar-refractivity contribution is -0.121. The van der Waals surface area contributed by atoms with E-state index >= 15 is 0 Å². The first-order valence-corrected chi connectivity index (χ1v) is 13.3. The highest BCUT2D eigenvalue weighted by molar-refractivity contribution is 7.18. The third kappa shape index (κ3) is 5.60. The van der Waals surface area contributed by atoms with E-state index in [2.05, 4.69) is 27.8 Å². The Morgan fingerprint density at radius 1 is 1.24 bits per heavy atom. The zero-order valence-electron chi connectivity index (χ0n) is 21.6. The van der Waals surface area contributed by atoms with Gasteiger partial charge < -0.3 is 9.47 Å². The van der Waals surface area contributed by atoms with Crippen LogP contribution in [0.3, 0.4) is 0 Å². The van der Waals surface area contributed by atoms with Crippen LogP contribution < -0.4 is 20.5 Å². The van der Waals surface area contributed by atoms with E-state index in [1.165, 1.54) is 28.0 Å². The SMILES string of the molecule is COc1cc(/C=N/NC(=O)Cn2nnc3sc4c(c3c2=O)CCC(C)C4)ccc1OCc1ccc(C)cc1. The largest absolute Gasteiger partial charge is 0.493 e. The Bertz CT molecular complexity index is 1560. The minimum Gasteiger partial charge on any atom is -0.493 e. The zero-order valence-corrected chi connectivity index (χ0v) is 22.4. The summed E-state index contributed by atoms with van der Waals surface area (Å²) in [6, 6.07) is 13.5. The summed E-state index contributed by atoms with van der Waals surface area (Å²) in [4.78, 5) is 27.4. The fourth-order valence-corrected chi connectivity index (χ4v) is 5.79. The second-order valence-electron chi connectivity index (χ2n) is 9.56. The van der Waals surface area contributed by atoms with E-state index < -0.39 is 5.91 Å². The molecule has 10 heteroatoms. The van der Waals surface area contributed by atoms with Gasteiger partial charge in [-0.25, -0.2) is 10.1 Å². The van der Waals surface area contributed by atoms with Crippen LogP contribution in [-0.2, 0) is 30.8 Å². The normalized spacial score (nSPS) is 15.0. The number of fused-ring (bicyclic) bond motifs is 3. The maximum absolute atomic E-state index is 13.1. The highest BCUT2D eigenvalue weighted by Crippen LogP contribution is 2.35. The van der Waals surface area contributed by atoms with Crippen molar-refractivity contribution in [2.75, 3.05) is 7.11 Å². The number of aromatic nitrogens is 3. The van der Waals surface area contributed by atoms with Crippen molar-refractivity contribution in [3.8, 4) is 11.5 Å². The average molecular weight is 532 g/mol.